The molecule has 0 aromatic heterocycles. The Bertz CT molecular complexity index is 891. The zero-order valence-corrected chi connectivity index (χ0v) is 16.1. The van der Waals surface area contributed by atoms with Gasteiger partial charge in [0.15, 0.2) is 11.6 Å². The zero-order valence-electron chi connectivity index (χ0n) is 16.1. The van der Waals surface area contributed by atoms with E-state index in [2.05, 4.69) is 0 Å². The van der Waals surface area contributed by atoms with E-state index in [1.165, 1.54) is 7.11 Å². The maximum absolute atomic E-state index is 13.9. The first-order valence-electron chi connectivity index (χ1n) is 9.66. The molecule has 2 saturated heterocycles. The minimum absolute atomic E-state index is 0.103. The molecule has 2 heterocycles. The monoisotopic (exact) mass is 403 g/mol. The molecule has 2 aliphatic rings. The van der Waals surface area contributed by atoms with E-state index in [-0.39, 0.29) is 42.8 Å². The van der Waals surface area contributed by atoms with Gasteiger partial charge in [-0.05, 0) is 24.5 Å². The van der Waals surface area contributed by atoms with Crippen LogP contribution in [0.1, 0.15) is 36.8 Å². The summed E-state index contributed by atoms with van der Waals surface area (Å²) in [6.45, 7) is 0.177. The number of benzene rings is 2. The molecule has 0 radical (unpaired) electrons. The Kier molecular flexibility index (Phi) is 5.17. The average molecular weight is 403 g/mol. The smallest absolute Gasteiger partial charge is 0.410 e. The van der Waals surface area contributed by atoms with Crippen molar-refractivity contribution in [2.75, 3.05) is 7.11 Å². The Morgan fingerprint density at radius 3 is 2.38 bits per heavy atom. The molecule has 4 rings (SSSR count). The summed E-state index contributed by atoms with van der Waals surface area (Å²) < 4.78 is 38.1. The van der Waals surface area contributed by atoms with Crippen LogP contribution >= 0.6 is 0 Å². The summed E-state index contributed by atoms with van der Waals surface area (Å²) in [6.07, 6.45) is 1.45. The van der Waals surface area contributed by atoms with E-state index in [0.717, 1.165) is 30.5 Å². The quantitative estimate of drug-likeness (QED) is 0.834. The third kappa shape index (κ3) is 3.67. The van der Waals surface area contributed by atoms with Crippen molar-refractivity contribution in [3.8, 4) is 5.75 Å². The van der Waals surface area contributed by atoms with Gasteiger partial charge in [-0.15, -0.1) is 0 Å². The van der Waals surface area contributed by atoms with Crippen molar-refractivity contribution in [1.82, 2.24) is 4.90 Å². The molecule has 2 fully saturated rings. The first-order valence-corrected chi connectivity index (χ1v) is 9.66. The standard InChI is InChI=1S/C22H23F2NO4/c1-28-20-10-19(24)18(23)9-17(20)22(27)11-15-7-8-16(12-22)25(15)21(26)29-13-14-5-3-2-4-6-14/h2-6,9-10,15-16,27H,7-8,11-13H2,1H3. The lowest BCUT2D eigenvalue weighted by atomic mass is 9.80. The summed E-state index contributed by atoms with van der Waals surface area (Å²) >= 11 is 0. The van der Waals surface area contributed by atoms with Gasteiger partial charge in [0.1, 0.15) is 12.4 Å². The van der Waals surface area contributed by atoms with E-state index in [0.29, 0.717) is 0 Å². The lowest BCUT2D eigenvalue weighted by Crippen LogP contribution is -2.52. The molecule has 5 nitrogen and oxygen atoms in total. The van der Waals surface area contributed by atoms with E-state index < -0.39 is 23.3 Å². The number of carbonyl (C=O) groups is 1. The average Bonchev–Trinajstić information content (AvgIpc) is 3.00. The van der Waals surface area contributed by atoms with Crippen LogP contribution in [0.4, 0.5) is 13.6 Å². The van der Waals surface area contributed by atoms with Crippen molar-refractivity contribution < 1.29 is 28.2 Å². The molecule has 2 aromatic rings. The minimum atomic E-state index is -1.40. The number of fused-ring (bicyclic) bond motifs is 2. The van der Waals surface area contributed by atoms with Crippen LogP contribution in [-0.2, 0) is 16.9 Å². The molecule has 1 N–H and O–H groups in total. The van der Waals surface area contributed by atoms with Crippen LogP contribution in [0.3, 0.4) is 0 Å². The lowest BCUT2D eigenvalue weighted by molar-refractivity contribution is -0.0550. The highest BCUT2D eigenvalue weighted by Crippen LogP contribution is 2.48. The van der Waals surface area contributed by atoms with E-state index in [1.807, 2.05) is 30.3 Å². The van der Waals surface area contributed by atoms with Gasteiger partial charge in [-0.1, -0.05) is 30.3 Å². The molecule has 2 aliphatic heterocycles. The maximum Gasteiger partial charge on any atom is 0.410 e. The fourth-order valence-corrected chi connectivity index (χ4v) is 4.60. The number of amides is 1. The SMILES string of the molecule is COc1cc(F)c(F)cc1C1(O)CC2CCC(C1)N2C(=O)OCc1ccccc1. The number of hydrogen-bond donors (Lipinski definition) is 1. The van der Waals surface area contributed by atoms with Crippen LogP contribution in [0, 0.1) is 11.6 Å². The normalized spacial score (nSPS) is 25.7. The Hall–Kier alpha value is -2.67. The van der Waals surface area contributed by atoms with Crippen LogP contribution in [-0.4, -0.2) is 35.3 Å². The van der Waals surface area contributed by atoms with Gasteiger partial charge in [0.05, 0.1) is 12.7 Å². The Morgan fingerprint density at radius 1 is 1.14 bits per heavy atom. The predicted octanol–water partition coefficient (Wildman–Crippen LogP) is 4.12. The molecule has 29 heavy (non-hydrogen) atoms. The Morgan fingerprint density at radius 2 is 1.76 bits per heavy atom. The summed E-state index contributed by atoms with van der Waals surface area (Å²) in [7, 11) is 1.35. The number of carbonyl (C=O) groups excluding carboxylic acids is 1. The van der Waals surface area contributed by atoms with Gasteiger partial charge in [-0.25, -0.2) is 13.6 Å². The summed E-state index contributed by atoms with van der Waals surface area (Å²) in [4.78, 5) is 14.4. The number of hydrogen-bond acceptors (Lipinski definition) is 4. The number of methoxy groups -OCH3 is 1. The largest absolute Gasteiger partial charge is 0.496 e. The van der Waals surface area contributed by atoms with Gasteiger partial charge in [-0.2, -0.15) is 0 Å². The summed E-state index contributed by atoms with van der Waals surface area (Å²) in [5.74, 6) is -1.96. The van der Waals surface area contributed by atoms with Crippen molar-refractivity contribution in [2.45, 2.75) is 50.0 Å². The first-order chi connectivity index (χ1) is 13.9. The minimum Gasteiger partial charge on any atom is -0.496 e. The van der Waals surface area contributed by atoms with Gasteiger partial charge in [-0.3, -0.25) is 0 Å². The Labute approximate surface area is 167 Å². The molecule has 154 valence electrons. The molecule has 2 bridgehead atoms. The van der Waals surface area contributed by atoms with Gasteiger partial charge in [0.2, 0.25) is 0 Å². The van der Waals surface area contributed by atoms with Gasteiger partial charge in [0, 0.05) is 36.6 Å². The molecular weight excluding hydrogens is 380 g/mol. The highest BCUT2D eigenvalue weighted by Gasteiger charge is 2.51. The summed E-state index contributed by atoms with van der Waals surface area (Å²) in [5, 5.41) is 11.3. The van der Waals surface area contributed by atoms with Crippen molar-refractivity contribution in [1.29, 1.82) is 0 Å². The topological polar surface area (TPSA) is 59.0 Å². The molecule has 7 heteroatoms. The van der Waals surface area contributed by atoms with Crippen LogP contribution in [0.2, 0.25) is 0 Å². The molecule has 0 spiro atoms. The van der Waals surface area contributed by atoms with Gasteiger partial charge >= 0.3 is 6.09 Å². The number of halogens is 2. The summed E-state index contributed by atoms with van der Waals surface area (Å²) in [6, 6.07) is 10.9. The van der Waals surface area contributed by atoms with Crippen LogP contribution in [0.25, 0.3) is 0 Å². The number of ether oxygens (including phenoxy) is 2. The number of piperidine rings is 1. The van der Waals surface area contributed by atoms with E-state index in [4.69, 9.17) is 9.47 Å². The molecule has 2 unspecified atom stereocenters. The number of nitrogens with zero attached hydrogens (tertiary/aromatic N) is 1. The second-order valence-corrected chi connectivity index (χ2v) is 7.74. The maximum atomic E-state index is 13.9. The number of aliphatic hydroxyl groups is 1. The molecule has 0 aliphatic carbocycles. The van der Waals surface area contributed by atoms with E-state index >= 15 is 0 Å². The molecule has 1 amide bonds. The molecule has 0 saturated carbocycles. The Balaban J connectivity index is 1.51. The first kappa shape index (κ1) is 19.6. The van der Waals surface area contributed by atoms with E-state index in [1.54, 1.807) is 4.90 Å². The highest BCUT2D eigenvalue weighted by molar-refractivity contribution is 5.69. The van der Waals surface area contributed by atoms with Crippen molar-refractivity contribution in [3.05, 3.63) is 65.2 Å². The van der Waals surface area contributed by atoms with Crippen molar-refractivity contribution in [2.24, 2.45) is 0 Å². The van der Waals surface area contributed by atoms with E-state index in [9.17, 15) is 18.7 Å². The predicted molar refractivity (Wildman–Crippen MR) is 101 cm³/mol. The second-order valence-electron chi connectivity index (χ2n) is 7.74. The van der Waals surface area contributed by atoms with Crippen LogP contribution < -0.4 is 4.74 Å². The molecule has 2 aromatic carbocycles. The van der Waals surface area contributed by atoms with Crippen LogP contribution in [0.5, 0.6) is 5.75 Å². The fourth-order valence-electron chi connectivity index (χ4n) is 4.60. The van der Waals surface area contributed by atoms with Crippen molar-refractivity contribution in [3.63, 3.8) is 0 Å². The van der Waals surface area contributed by atoms with Crippen molar-refractivity contribution >= 4 is 6.09 Å². The lowest BCUT2D eigenvalue weighted by Gasteiger charge is -2.43. The number of rotatable bonds is 4. The summed E-state index contributed by atoms with van der Waals surface area (Å²) in [5.41, 5.74) is -0.289. The molecule has 2 atom stereocenters. The molecular formula is C22H23F2NO4. The third-order valence-electron chi connectivity index (χ3n) is 5.93. The second kappa shape index (κ2) is 7.63. The highest BCUT2D eigenvalue weighted by atomic mass is 19.2. The van der Waals surface area contributed by atoms with Crippen LogP contribution in [0.15, 0.2) is 42.5 Å². The van der Waals surface area contributed by atoms with Gasteiger partial charge < -0.3 is 19.5 Å². The third-order valence-corrected chi connectivity index (χ3v) is 5.93. The fraction of sp³-hybridized carbons (Fsp3) is 0.409. The zero-order chi connectivity index (χ0) is 20.6. The van der Waals surface area contributed by atoms with Gasteiger partial charge in [0.25, 0.3) is 0 Å².